The fraction of sp³-hybridized carbons (Fsp3) is 0.100. The van der Waals surface area contributed by atoms with Gasteiger partial charge < -0.3 is 5.11 Å². The number of carboxylic acid groups (broad SMARTS) is 1. The lowest BCUT2D eigenvalue weighted by Crippen LogP contribution is -1.93. The summed E-state index contributed by atoms with van der Waals surface area (Å²) >= 11 is 2.91. The largest absolute Gasteiger partial charge is 0.477 e. The Morgan fingerprint density at radius 2 is 2.29 bits per heavy atom. The monoisotopic (exact) mass is 224 g/mol. The van der Waals surface area contributed by atoms with Crippen molar-refractivity contribution in [3.63, 3.8) is 0 Å². The predicted molar refractivity (Wildman–Crippen MR) is 61.5 cm³/mol. The van der Waals surface area contributed by atoms with Gasteiger partial charge in [0, 0.05) is 15.6 Å². The summed E-state index contributed by atoms with van der Waals surface area (Å²) in [7, 11) is 0. The number of rotatable bonds is 2. The van der Waals surface area contributed by atoms with Crippen LogP contribution in [0, 0.1) is 6.92 Å². The normalized spacial score (nSPS) is 10.6. The molecule has 1 N–H and O–H groups in total. The molecule has 0 saturated heterocycles. The molecular formula is C10H8O2S2. The van der Waals surface area contributed by atoms with Gasteiger partial charge in [0.05, 0.1) is 4.70 Å². The van der Waals surface area contributed by atoms with Gasteiger partial charge in [-0.1, -0.05) is 12.7 Å². The first-order chi connectivity index (χ1) is 6.65. The summed E-state index contributed by atoms with van der Waals surface area (Å²) in [5.41, 5.74) is 1.90. The van der Waals surface area contributed by atoms with Crippen LogP contribution >= 0.6 is 22.7 Å². The van der Waals surface area contributed by atoms with Gasteiger partial charge in [-0.25, -0.2) is 4.79 Å². The predicted octanol–water partition coefficient (Wildman–Crippen LogP) is 3.61. The summed E-state index contributed by atoms with van der Waals surface area (Å²) in [6.07, 6.45) is 1.76. The van der Waals surface area contributed by atoms with Gasteiger partial charge in [0.1, 0.15) is 4.88 Å². The van der Waals surface area contributed by atoms with Crippen LogP contribution in [0.4, 0.5) is 0 Å². The van der Waals surface area contributed by atoms with Gasteiger partial charge in [-0.3, -0.25) is 0 Å². The Bertz CT molecular complexity index is 519. The third-order valence-corrected chi connectivity index (χ3v) is 4.65. The molecule has 0 amide bonds. The highest BCUT2D eigenvalue weighted by molar-refractivity contribution is 7.28. The van der Waals surface area contributed by atoms with Crippen LogP contribution in [0.1, 0.15) is 20.8 Å². The van der Waals surface area contributed by atoms with Crippen molar-refractivity contribution in [2.24, 2.45) is 0 Å². The molecule has 2 aromatic heterocycles. The summed E-state index contributed by atoms with van der Waals surface area (Å²) in [6, 6.07) is 0. The maximum absolute atomic E-state index is 10.9. The maximum atomic E-state index is 10.9. The number of hydrogen-bond donors (Lipinski definition) is 1. The molecule has 4 heteroatoms. The zero-order valence-corrected chi connectivity index (χ0v) is 9.17. The zero-order chi connectivity index (χ0) is 10.3. The minimum absolute atomic E-state index is 0.440. The molecule has 0 unspecified atom stereocenters. The van der Waals surface area contributed by atoms with E-state index in [9.17, 15) is 4.79 Å². The third-order valence-electron chi connectivity index (χ3n) is 2.07. The van der Waals surface area contributed by atoms with E-state index in [2.05, 4.69) is 6.58 Å². The minimum atomic E-state index is -0.842. The SMILES string of the molecule is C=Cc1csc2c(C)c(C(=O)O)sc12. The molecule has 2 rings (SSSR count). The van der Waals surface area contributed by atoms with E-state index >= 15 is 0 Å². The van der Waals surface area contributed by atoms with E-state index in [0.29, 0.717) is 4.88 Å². The third kappa shape index (κ3) is 1.19. The molecule has 0 spiro atoms. The van der Waals surface area contributed by atoms with Crippen molar-refractivity contribution in [2.75, 3.05) is 0 Å². The molecule has 2 aromatic rings. The lowest BCUT2D eigenvalue weighted by atomic mass is 10.2. The van der Waals surface area contributed by atoms with E-state index in [1.165, 1.54) is 11.3 Å². The topological polar surface area (TPSA) is 37.3 Å². The molecule has 0 bridgehead atoms. The molecule has 0 fully saturated rings. The second kappa shape index (κ2) is 3.22. The van der Waals surface area contributed by atoms with E-state index in [-0.39, 0.29) is 0 Å². The molecule has 0 radical (unpaired) electrons. The Balaban J connectivity index is 2.80. The van der Waals surface area contributed by atoms with E-state index in [0.717, 1.165) is 20.5 Å². The fourth-order valence-corrected chi connectivity index (χ4v) is 3.77. The van der Waals surface area contributed by atoms with Gasteiger partial charge >= 0.3 is 5.97 Å². The first-order valence-corrected chi connectivity index (χ1v) is 5.71. The van der Waals surface area contributed by atoms with Gasteiger partial charge in [0.2, 0.25) is 0 Å². The second-order valence-electron chi connectivity index (χ2n) is 2.91. The minimum Gasteiger partial charge on any atom is -0.477 e. The van der Waals surface area contributed by atoms with Crippen molar-refractivity contribution in [3.05, 3.63) is 28.0 Å². The molecule has 0 aliphatic heterocycles. The van der Waals surface area contributed by atoms with E-state index in [4.69, 9.17) is 5.11 Å². The van der Waals surface area contributed by atoms with Gasteiger partial charge in [0.25, 0.3) is 0 Å². The molecule has 72 valence electrons. The molecule has 2 heterocycles. The fourth-order valence-electron chi connectivity index (χ4n) is 1.35. The van der Waals surface area contributed by atoms with Crippen LogP contribution in [0.3, 0.4) is 0 Å². The summed E-state index contributed by atoms with van der Waals surface area (Å²) in [6.45, 7) is 5.56. The van der Waals surface area contributed by atoms with Crippen LogP contribution in [0.15, 0.2) is 12.0 Å². The molecule has 0 aliphatic rings. The summed E-state index contributed by atoms with van der Waals surface area (Å²) in [5, 5.41) is 10.9. The van der Waals surface area contributed by atoms with E-state index in [1.807, 2.05) is 12.3 Å². The average Bonchev–Trinajstić information content (AvgIpc) is 2.66. The highest BCUT2D eigenvalue weighted by Gasteiger charge is 2.16. The Morgan fingerprint density at radius 1 is 1.57 bits per heavy atom. The molecule has 14 heavy (non-hydrogen) atoms. The van der Waals surface area contributed by atoms with Crippen LogP contribution in [0.2, 0.25) is 0 Å². The Hall–Kier alpha value is -1.13. The Kier molecular flexibility index (Phi) is 2.17. The molecule has 0 atom stereocenters. The van der Waals surface area contributed by atoms with Crippen molar-refractivity contribution < 1.29 is 9.90 Å². The molecular weight excluding hydrogens is 216 g/mol. The smallest absolute Gasteiger partial charge is 0.346 e. The van der Waals surface area contributed by atoms with Crippen LogP contribution in [-0.4, -0.2) is 11.1 Å². The number of aryl methyl sites for hydroxylation is 1. The number of carboxylic acids is 1. The molecule has 2 nitrogen and oxygen atoms in total. The number of aromatic carboxylic acids is 1. The molecule has 0 aromatic carbocycles. The average molecular weight is 224 g/mol. The number of carbonyl (C=O) groups is 1. The van der Waals surface area contributed by atoms with Gasteiger partial charge in [-0.15, -0.1) is 22.7 Å². The first kappa shape index (κ1) is 9.43. The summed E-state index contributed by atoms with van der Waals surface area (Å²) in [4.78, 5) is 11.3. The zero-order valence-electron chi connectivity index (χ0n) is 7.53. The summed E-state index contributed by atoms with van der Waals surface area (Å²) < 4.78 is 2.11. The summed E-state index contributed by atoms with van der Waals surface area (Å²) in [5.74, 6) is -0.842. The van der Waals surface area contributed by atoms with Crippen LogP contribution in [0.25, 0.3) is 15.5 Å². The highest BCUT2D eigenvalue weighted by atomic mass is 32.1. The van der Waals surface area contributed by atoms with Gasteiger partial charge in [-0.2, -0.15) is 0 Å². The number of fused-ring (bicyclic) bond motifs is 1. The lowest BCUT2D eigenvalue weighted by Gasteiger charge is -1.88. The number of thiophene rings is 2. The Morgan fingerprint density at radius 3 is 2.86 bits per heavy atom. The maximum Gasteiger partial charge on any atom is 0.346 e. The van der Waals surface area contributed by atoms with E-state index < -0.39 is 5.97 Å². The van der Waals surface area contributed by atoms with Crippen molar-refractivity contribution in [1.29, 1.82) is 0 Å². The Labute approximate surface area is 89.1 Å². The van der Waals surface area contributed by atoms with Crippen molar-refractivity contribution in [3.8, 4) is 0 Å². The van der Waals surface area contributed by atoms with Crippen LogP contribution in [-0.2, 0) is 0 Å². The van der Waals surface area contributed by atoms with Gasteiger partial charge in [-0.05, 0) is 12.5 Å². The number of hydrogen-bond acceptors (Lipinski definition) is 3. The lowest BCUT2D eigenvalue weighted by molar-refractivity contribution is 0.0701. The quantitative estimate of drug-likeness (QED) is 0.846. The molecule has 0 saturated carbocycles. The highest BCUT2D eigenvalue weighted by Crippen LogP contribution is 2.38. The van der Waals surface area contributed by atoms with Crippen molar-refractivity contribution >= 4 is 44.1 Å². The van der Waals surface area contributed by atoms with Crippen LogP contribution in [0.5, 0.6) is 0 Å². The second-order valence-corrected chi connectivity index (χ2v) is 4.82. The van der Waals surface area contributed by atoms with Gasteiger partial charge in [0.15, 0.2) is 0 Å². The van der Waals surface area contributed by atoms with Crippen molar-refractivity contribution in [1.82, 2.24) is 0 Å². The van der Waals surface area contributed by atoms with Crippen molar-refractivity contribution in [2.45, 2.75) is 6.92 Å². The van der Waals surface area contributed by atoms with E-state index in [1.54, 1.807) is 17.4 Å². The molecule has 0 aliphatic carbocycles. The van der Waals surface area contributed by atoms with Crippen LogP contribution < -0.4 is 0 Å². The first-order valence-electron chi connectivity index (χ1n) is 4.01. The standard InChI is InChI=1S/C10H8O2S2/c1-3-6-4-13-7-5(2)8(10(11)12)14-9(6)7/h3-4H,1H2,2H3,(H,11,12).